The quantitative estimate of drug-likeness (QED) is 0.351. The monoisotopic (exact) mass is 288 g/mol. The van der Waals surface area contributed by atoms with Crippen molar-refractivity contribution in [2.45, 2.75) is 71.1 Å². The highest BCUT2D eigenvalue weighted by Crippen LogP contribution is 2.07. The van der Waals surface area contributed by atoms with E-state index in [4.69, 9.17) is 0 Å². The van der Waals surface area contributed by atoms with Gasteiger partial charge in [0.05, 0.1) is 7.11 Å². The van der Waals surface area contributed by atoms with Gasteiger partial charge in [-0.3, -0.25) is 4.79 Å². The average Bonchev–Trinajstić information content (AvgIpc) is 2.50. The van der Waals surface area contributed by atoms with E-state index in [1.54, 1.807) is 0 Å². The second-order valence-electron chi connectivity index (χ2n) is 4.92. The van der Waals surface area contributed by atoms with Gasteiger partial charge in [0.15, 0.2) is 0 Å². The molecule has 21 heavy (non-hydrogen) atoms. The highest BCUT2D eigenvalue weighted by atomic mass is 16.5. The van der Waals surface area contributed by atoms with Gasteiger partial charge in [-0.25, -0.2) is 0 Å². The van der Waals surface area contributed by atoms with E-state index in [-0.39, 0.29) is 5.97 Å². The van der Waals surface area contributed by atoms with Crippen LogP contribution < -0.4 is 0 Å². The van der Waals surface area contributed by atoms with Crippen molar-refractivity contribution in [3.8, 4) is 23.7 Å². The summed E-state index contributed by atoms with van der Waals surface area (Å²) in [5.74, 6) is 12.1. The fourth-order valence-electron chi connectivity index (χ4n) is 1.73. The van der Waals surface area contributed by atoms with E-state index >= 15 is 0 Å². The molecule has 0 rings (SSSR count). The highest BCUT2D eigenvalue weighted by molar-refractivity contribution is 5.68. The number of carbonyl (C=O) groups is 1. The molecular weight excluding hydrogens is 260 g/mol. The number of carbonyl (C=O) groups excluding carboxylic acids is 1. The van der Waals surface area contributed by atoms with E-state index in [0.29, 0.717) is 6.42 Å². The fraction of sp³-hybridized carbons (Fsp3) is 0.632. The zero-order chi connectivity index (χ0) is 15.6. The van der Waals surface area contributed by atoms with Crippen LogP contribution in [0.4, 0.5) is 0 Å². The summed E-state index contributed by atoms with van der Waals surface area (Å²) in [7, 11) is 1.44. The van der Waals surface area contributed by atoms with E-state index in [1.807, 2.05) is 12.2 Å². The molecule has 0 spiro atoms. The van der Waals surface area contributed by atoms with Crippen molar-refractivity contribution in [2.24, 2.45) is 0 Å². The van der Waals surface area contributed by atoms with Crippen LogP contribution in [0, 0.1) is 23.7 Å². The minimum Gasteiger partial charge on any atom is -0.469 e. The summed E-state index contributed by atoms with van der Waals surface area (Å²) in [6.45, 7) is 2.17. The van der Waals surface area contributed by atoms with Gasteiger partial charge in [-0.15, -0.1) is 0 Å². The minimum atomic E-state index is -0.106. The molecule has 0 fully saturated rings. The maximum absolute atomic E-state index is 10.9. The molecule has 2 nitrogen and oxygen atoms in total. The van der Waals surface area contributed by atoms with Gasteiger partial charge in [-0.2, -0.15) is 0 Å². The van der Waals surface area contributed by atoms with Gasteiger partial charge in [0, 0.05) is 19.3 Å². The SMILES string of the molecule is CCCCC#C/C=C\C#CCCCCCCCC(=O)OC. The second-order valence-corrected chi connectivity index (χ2v) is 4.92. The molecule has 0 saturated heterocycles. The Hall–Kier alpha value is -1.67. The molecule has 0 atom stereocenters. The van der Waals surface area contributed by atoms with Crippen molar-refractivity contribution in [1.82, 2.24) is 0 Å². The van der Waals surface area contributed by atoms with Crippen LogP contribution in [0.5, 0.6) is 0 Å². The number of hydrogen-bond donors (Lipinski definition) is 0. The number of rotatable bonds is 9. The lowest BCUT2D eigenvalue weighted by atomic mass is 10.1. The third kappa shape index (κ3) is 16.3. The molecule has 0 heterocycles. The lowest BCUT2D eigenvalue weighted by Gasteiger charge is -1.99. The summed E-state index contributed by atoms with van der Waals surface area (Å²) in [6.07, 6.45) is 14.0. The Labute approximate surface area is 130 Å². The van der Waals surface area contributed by atoms with Crippen molar-refractivity contribution >= 4 is 5.97 Å². The van der Waals surface area contributed by atoms with Crippen molar-refractivity contribution in [1.29, 1.82) is 0 Å². The summed E-state index contributed by atoms with van der Waals surface area (Å²) < 4.78 is 4.60. The number of allylic oxidation sites excluding steroid dienone is 2. The number of unbranched alkanes of at least 4 members (excludes halogenated alkanes) is 7. The summed E-state index contributed by atoms with van der Waals surface area (Å²) in [4.78, 5) is 10.9. The molecule has 0 radical (unpaired) electrons. The van der Waals surface area contributed by atoms with Gasteiger partial charge in [0.1, 0.15) is 0 Å². The first-order valence-corrected chi connectivity index (χ1v) is 7.99. The molecular formula is C19H28O2. The van der Waals surface area contributed by atoms with Crippen LogP contribution >= 0.6 is 0 Å². The molecule has 0 saturated carbocycles. The van der Waals surface area contributed by atoms with Crippen molar-refractivity contribution in [3.63, 3.8) is 0 Å². The minimum absolute atomic E-state index is 0.106. The number of methoxy groups -OCH3 is 1. The molecule has 0 aliphatic carbocycles. The average molecular weight is 288 g/mol. The summed E-state index contributed by atoms with van der Waals surface area (Å²) in [5.41, 5.74) is 0. The Morgan fingerprint density at radius 2 is 1.48 bits per heavy atom. The van der Waals surface area contributed by atoms with Crippen LogP contribution in [-0.2, 0) is 9.53 Å². The Balaban J connectivity index is 3.38. The summed E-state index contributed by atoms with van der Waals surface area (Å²) in [6, 6.07) is 0. The van der Waals surface area contributed by atoms with Gasteiger partial charge < -0.3 is 4.74 Å². The van der Waals surface area contributed by atoms with Crippen LogP contribution in [0.1, 0.15) is 71.1 Å². The molecule has 0 unspecified atom stereocenters. The third-order valence-electron chi connectivity index (χ3n) is 3.02. The maximum atomic E-state index is 10.9. The van der Waals surface area contributed by atoms with Crippen LogP contribution in [0.3, 0.4) is 0 Å². The van der Waals surface area contributed by atoms with E-state index in [1.165, 1.54) is 26.4 Å². The van der Waals surface area contributed by atoms with Crippen LogP contribution in [0.15, 0.2) is 12.2 Å². The van der Waals surface area contributed by atoms with Gasteiger partial charge in [-0.1, -0.05) is 56.3 Å². The first-order chi connectivity index (χ1) is 10.3. The zero-order valence-corrected chi connectivity index (χ0v) is 13.5. The van der Waals surface area contributed by atoms with Crippen molar-refractivity contribution < 1.29 is 9.53 Å². The van der Waals surface area contributed by atoms with Gasteiger partial charge >= 0.3 is 5.97 Å². The molecule has 0 N–H and O–H groups in total. The Bertz CT molecular complexity index is 399. The first-order valence-electron chi connectivity index (χ1n) is 7.99. The lowest BCUT2D eigenvalue weighted by Crippen LogP contribution is -1.99. The number of hydrogen-bond acceptors (Lipinski definition) is 2. The predicted octanol–water partition coefficient (Wildman–Crippen LogP) is 4.64. The highest BCUT2D eigenvalue weighted by Gasteiger charge is 1.98. The van der Waals surface area contributed by atoms with E-state index in [0.717, 1.165) is 38.5 Å². The fourth-order valence-corrected chi connectivity index (χ4v) is 1.73. The number of esters is 1. The van der Waals surface area contributed by atoms with Crippen molar-refractivity contribution in [2.75, 3.05) is 7.11 Å². The number of ether oxygens (including phenoxy) is 1. The normalized spacial score (nSPS) is 9.62. The molecule has 2 heteroatoms. The topological polar surface area (TPSA) is 26.3 Å². The molecule has 116 valence electrons. The standard InChI is InChI=1S/C19H28O2/c1-3-4-5-6-7-8-9-10-11-12-13-14-15-16-17-18-19(20)21-2/h8-9H,3-5,12-18H2,1-2H3/b9-8-. The van der Waals surface area contributed by atoms with E-state index in [2.05, 4.69) is 35.3 Å². The van der Waals surface area contributed by atoms with Crippen LogP contribution in [0.25, 0.3) is 0 Å². The Kier molecular flexibility index (Phi) is 15.1. The van der Waals surface area contributed by atoms with Gasteiger partial charge in [-0.05, 0) is 31.4 Å². The smallest absolute Gasteiger partial charge is 0.305 e. The molecule has 0 bridgehead atoms. The van der Waals surface area contributed by atoms with E-state index < -0.39 is 0 Å². The van der Waals surface area contributed by atoms with Crippen LogP contribution in [-0.4, -0.2) is 13.1 Å². The van der Waals surface area contributed by atoms with Crippen molar-refractivity contribution in [3.05, 3.63) is 12.2 Å². The van der Waals surface area contributed by atoms with Crippen LogP contribution in [0.2, 0.25) is 0 Å². The predicted molar refractivity (Wildman–Crippen MR) is 88.6 cm³/mol. The Morgan fingerprint density at radius 1 is 0.905 bits per heavy atom. The van der Waals surface area contributed by atoms with E-state index in [9.17, 15) is 4.79 Å². The molecule has 0 aromatic carbocycles. The largest absolute Gasteiger partial charge is 0.469 e. The molecule has 0 aliphatic heterocycles. The maximum Gasteiger partial charge on any atom is 0.305 e. The first kappa shape index (κ1) is 19.3. The molecule has 0 aliphatic rings. The Morgan fingerprint density at radius 3 is 2.10 bits per heavy atom. The zero-order valence-electron chi connectivity index (χ0n) is 13.5. The molecule has 0 aromatic rings. The van der Waals surface area contributed by atoms with Gasteiger partial charge in [0.25, 0.3) is 0 Å². The summed E-state index contributed by atoms with van der Waals surface area (Å²) >= 11 is 0. The second kappa shape index (κ2) is 16.4. The molecule has 0 aromatic heterocycles. The lowest BCUT2D eigenvalue weighted by molar-refractivity contribution is -0.140. The molecule has 0 amide bonds. The third-order valence-corrected chi connectivity index (χ3v) is 3.02. The van der Waals surface area contributed by atoms with Gasteiger partial charge in [0.2, 0.25) is 0 Å². The summed E-state index contributed by atoms with van der Waals surface area (Å²) in [5, 5.41) is 0.